The summed E-state index contributed by atoms with van der Waals surface area (Å²) in [4.78, 5) is 4.28. The molecule has 1 saturated carbocycles. The van der Waals surface area contributed by atoms with E-state index in [9.17, 15) is 0 Å². The minimum Gasteiger partial charge on any atom is -0.381 e. The first-order valence-electron chi connectivity index (χ1n) is 9.05. The Morgan fingerprint density at radius 1 is 1.17 bits per heavy atom. The van der Waals surface area contributed by atoms with Gasteiger partial charge in [-0.1, -0.05) is 24.3 Å². The van der Waals surface area contributed by atoms with Crippen molar-refractivity contribution in [3.63, 3.8) is 0 Å². The van der Waals surface area contributed by atoms with Crippen LogP contribution in [0.3, 0.4) is 0 Å². The molecule has 0 spiro atoms. The fourth-order valence-electron chi connectivity index (χ4n) is 2.86. The molecule has 1 aliphatic heterocycles. The lowest BCUT2D eigenvalue weighted by molar-refractivity contribution is -0.0390. The van der Waals surface area contributed by atoms with Crippen LogP contribution in [0.25, 0.3) is 0 Å². The van der Waals surface area contributed by atoms with Crippen LogP contribution in [0.2, 0.25) is 0 Å². The molecule has 0 aromatic heterocycles. The molecule has 0 amide bonds. The first kappa shape index (κ1) is 17.2. The second-order valence-corrected chi connectivity index (χ2v) is 6.69. The third kappa shape index (κ3) is 5.80. The summed E-state index contributed by atoms with van der Waals surface area (Å²) in [7, 11) is 1.82. The molecule has 0 bridgehead atoms. The van der Waals surface area contributed by atoms with E-state index in [1.165, 1.54) is 24.0 Å². The lowest BCUT2D eigenvalue weighted by Crippen LogP contribution is -2.37. The number of hydrogen-bond acceptors (Lipinski definition) is 3. The summed E-state index contributed by atoms with van der Waals surface area (Å²) >= 11 is 0. The summed E-state index contributed by atoms with van der Waals surface area (Å²) in [5.74, 6) is 1.72. The molecule has 1 aromatic carbocycles. The van der Waals surface area contributed by atoms with E-state index < -0.39 is 0 Å². The summed E-state index contributed by atoms with van der Waals surface area (Å²) in [6.45, 7) is 4.12. The van der Waals surface area contributed by atoms with Gasteiger partial charge in [0.25, 0.3) is 0 Å². The minimum absolute atomic E-state index is 0.339. The van der Waals surface area contributed by atoms with Crippen LogP contribution >= 0.6 is 0 Å². The Morgan fingerprint density at radius 3 is 2.71 bits per heavy atom. The van der Waals surface area contributed by atoms with Gasteiger partial charge in [0.2, 0.25) is 0 Å². The molecule has 2 aliphatic rings. The molecule has 1 heterocycles. The monoisotopic (exact) mass is 331 g/mol. The van der Waals surface area contributed by atoms with Crippen molar-refractivity contribution in [1.82, 2.24) is 10.6 Å². The Bertz CT molecular complexity index is 537. The lowest BCUT2D eigenvalue weighted by atomic mass is 10.1. The smallest absolute Gasteiger partial charge is 0.191 e. The number of aliphatic imine (C=N–C) groups is 1. The molecule has 5 heteroatoms. The molecule has 1 saturated heterocycles. The van der Waals surface area contributed by atoms with Crippen molar-refractivity contribution < 1.29 is 9.47 Å². The van der Waals surface area contributed by atoms with Crippen molar-refractivity contribution in [2.45, 2.75) is 44.9 Å². The van der Waals surface area contributed by atoms with Gasteiger partial charge in [-0.25, -0.2) is 0 Å². The second kappa shape index (κ2) is 9.04. The van der Waals surface area contributed by atoms with Gasteiger partial charge < -0.3 is 20.1 Å². The standard InChI is InChI=1S/C19H29N3O2/c1-20-19(21-12-15-5-6-15)22-13-16-3-2-4-17(11-16)14-24-18-7-9-23-10-8-18/h2-4,11,15,18H,5-10,12-14H2,1H3,(H2,20,21,22). The second-order valence-electron chi connectivity index (χ2n) is 6.69. The van der Waals surface area contributed by atoms with Crippen LogP contribution in [0, 0.1) is 5.92 Å². The van der Waals surface area contributed by atoms with Gasteiger partial charge >= 0.3 is 0 Å². The molecule has 132 valence electrons. The molecule has 0 unspecified atom stereocenters. The molecule has 0 atom stereocenters. The van der Waals surface area contributed by atoms with Gasteiger partial charge in [-0.3, -0.25) is 4.99 Å². The van der Waals surface area contributed by atoms with Crippen molar-refractivity contribution in [2.75, 3.05) is 26.8 Å². The molecule has 24 heavy (non-hydrogen) atoms. The Morgan fingerprint density at radius 2 is 1.96 bits per heavy atom. The van der Waals surface area contributed by atoms with Crippen molar-refractivity contribution in [1.29, 1.82) is 0 Å². The van der Waals surface area contributed by atoms with Crippen molar-refractivity contribution in [2.24, 2.45) is 10.9 Å². The highest BCUT2D eigenvalue weighted by Crippen LogP contribution is 2.27. The maximum Gasteiger partial charge on any atom is 0.191 e. The zero-order chi connectivity index (χ0) is 16.6. The zero-order valence-corrected chi connectivity index (χ0v) is 14.6. The van der Waals surface area contributed by atoms with Gasteiger partial charge in [-0.2, -0.15) is 0 Å². The topological polar surface area (TPSA) is 54.9 Å². The van der Waals surface area contributed by atoms with Gasteiger partial charge in [0, 0.05) is 33.4 Å². The SMILES string of the molecule is CN=C(NCc1cccc(COC2CCOCC2)c1)NCC1CC1. The molecule has 1 aliphatic carbocycles. The number of ether oxygens (including phenoxy) is 2. The minimum atomic E-state index is 0.339. The van der Waals surface area contributed by atoms with Crippen molar-refractivity contribution >= 4 is 5.96 Å². The zero-order valence-electron chi connectivity index (χ0n) is 14.6. The maximum atomic E-state index is 6.01. The summed E-state index contributed by atoms with van der Waals surface area (Å²) in [6, 6.07) is 8.57. The number of nitrogens with one attached hydrogen (secondary N) is 2. The average Bonchev–Trinajstić information content (AvgIpc) is 3.46. The number of nitrogens with zero attached hydrogens (tertiary/aromatic N) is 1. The summed E-state index contributed by atoms with van der Waals surface area (Å²) in [6.07, 6.45) is 5.04. The third-order valence-corrected chi connectivity index (χ3v) is 4.58. The highest BCUT2D eigenvalue weighted by Gasteiger charge is 2.21. The van der Waals surface area contributed by atoms with Crippen LogP contribution in [-0.4, -0.2) is 38.9 Å². The maximum absolute atomic E-state index is 6.01. The van der Waals surface area contributed by atoms with Crippen molar-refractivity contribution in [3.05, 3.63) is 35.4 Å². The van der Waals surface area contributed by atoms with Crippen LogP contribution < -0.4 is 10.6 Å². The quantitative estimate of drug-likeness (QED) is 0.595. The lowest BCUT2D eigenvalue weighted by Gasteiger charge is -2.22. The van der Waals surface area contributed by atoms with E-state index in [4.69, 9.17) is 9.47 Å². The highest BCUT2D eigenvalue weighted by atomic mass is 16.5. The van der Waals surface area contributed by atoms with E-state index in [-0.39, 0.29) is 0 Å². The Balaban J connectivity index is 1.43. The van der Waals surface area contributed by atoms with Crippen LogP contribution in [0.4, 0.5) is 0 Å². The molecule has 1 aromatic rings. The predicted molar refractivity (Wildman–Crippen MR) is 96.0 cm³/mol. The number of guanidine groups is 1. The Hall–Kier alpha value is -1.59. The molecular weight excluding hydrogens is 302 g/mol. The molecule has 2 N–H and O–H groups in total. The van der Waals surface area contributed by atoms with E-state index in [0.717, 1.165) is 51.0 Å². The first-order chi connectivity index (χ1) is 11.8. The molecular formula is C19H29N3O2. The van der Waals surface area contributed by atoms with Gasteiger partial charge in [0.05, 0.1) is 12.7 Å². The molecule has 2 fully saturated rings. The molecule has 0 radical (unpaired) electrons. The fourth-order valence-corrected chi connectivity index (χ4v) is 2.86. The third-order valence-electron chi connectivity index (χ3n) is 4.58. The van der Waals surface area contributed by atoms with Crippen LogP contribution in [0.15, 0.2) is 29.3 Å². The van der Waals surface area contributed by atoms with Gasteiger partial charge in [0.15, 0.2) is 5.96 Å². The summed E-state index contributed by atoms with van der Waals surface area (Å²) in [5.41, 5.74) is 2.47. The fraction of sp³-hybridized carbons (Fsp3) is 0.632. The molecule has 5 nitrogen and oxygen atoms in total. The van der Waals surface area contributed by atoms with Crippen LogP contribution in [0.1, 0.15) is 36.8 Å². The van der Waals surface area contributed by atoms with E-state index in [2.05, 4.69) is 39.9 Å². The normalized spacial score (nSPS) is 19.3. The number of benzene rings is 1. The Labute approximate surface area is 144 Å². The van der Waals surface area contributed by atoms with Gasteiger partial charge in [-0.15, -0.1) is 0 Å². The first-order valence-corrected chi connectivity index (χ1v) is 9.05. The van der Waals surface area contributed by atoms with E-state index in [1.807, 2.05) is 7.05 Å². The largest absolute Gasteiger partial charge is 0.381 e. The average molecular weight is 331 g/mol. The number of hydrogen-bond donors (Lipinski definition) is 2. The van der Waals surface area contributed by atoms with Gasteiger partial charge in [-0.05, 0) is 42.7 Å². The van der Waals surface area contributed by atoms with Crippen LogP contribution in [-0.2, 0) is 22.6 Å². The Kier molecular flexibility index (Phi) is 6.49. The van der Waals surface area contributed by atoms with E-state index in [1.54, 1.807) is 0 Å². The van der Waals surface area contributed by atoms with Crippen LogP contribution in [0.5, 0.6) is 0 Å². The van der Waals surface area contributed by atoms with Gasteiger partial charge in [0.1, 0.15) is 0 Å². The number of rotatable bonds is 7. The van der Waals surface area contributed by atoms with E-state index >= 15 is 0 Å². The summed E-state index contributed by atoms with van der Waals surface area (Å²) in [5, 5.41) is 6.77. The van der Waals surface area contributed by atoms with E-state index in [0.29, 0.717) is 12.7 Å². The predicted octanol–water partition coefficient (Wildman–Crippen LogP) is 2.46. The van der Waals surface area contributed by atoms with Crippen molar-refractivity contribution in [3.8, 4) is 0 Å². The highest BCUT2D eigenvalue weighted by molar-refractivity contribution is 5.79. The molecule has 3 rings (SSSR count). The summed E-state index contributed by atoms with van der Waals surface area (Å²) < 4.78 is 11.4.